The lowest BCUT2D eigenvalue weighted by molar-refractivity contribution is 0.0996. The summed E-state index contributed by atoms with van der Waals surface area (Å²) in [6, 6.07) is 5.69. The number of aliphatic hydroxyl groups excluding tert-OH is 1. The normalized spacial score (nSPS) is 30.3. The summed E-state index contributed by atoms with van der Waals surface area (Å²) in [7, 11) is 0. The number of fused-ring (bicyclic) bond motifs is 1. The molecule has 3 rings (SSSR count). The Morgan fingerprint density at radius 3 is 3.00 bits per heavy atom. The zero-order valence-corrected chi connectivity index (χ0v) is 11.2. The van der Waals surface area contributed by atoms with Crippen LogP contribution in [0.5, 0.6) is 0 Å². The standard InChI is InChI=1S/C16H22FNO/c17-15-6-2-5-14-13(15)7-8-16(14)18-10-11-3-1-4-12(19)9-11/h2,5-6,11-12,16,18-19H,1,3-4,7-10H2. The second-order valence-electron chi connectivity index (χ2n) is 5.99. The second-order valence-corrected chi connectivity index (χ2v) is 5.99. The molecule has 3 atom stereocenters. The number of aliphatic hydroxyl groups is 1. The number of hydrogen-bond donors (Lipinski definition) is 2. The molecule has 1 aromatic rings. The summed E-state index contributed by atoms with van der Waals surface area (Å²) in [4.78, 5) is 0. The minimum absolute atomic E-state index is 0.0603. The van der Waals surface area contributed by atoms with Crippen molar-refractivity contribution in [2.24, 2.45) is 5.92 Å². The maximum absolute atomic E-state index is 13.6. The third-order valence-electron chi connectivity index (χ3n) is 4.62. The molecule has 2 aliphatic carbocycles. The first-order valence-corrected chi connectivity index (χ1v) is 7.43. The predicted octanol–water partition coefficient (Wildman–Crippen LogP) is 2.95. The molecule has 2 aliphatic rings. The molecule has 0 radical (unpaired) electrons. The predicted molar refractivity (Wildman–Crippen MR) is 73.4 cm³/mol. The lowest BCUT2D eigenvalue weighted by Crippen LogP contribution is -2.31. The molecule has 0 amide bonds. The van der Waals surface area contributed by atoms with Crippen molar-refractivity contribution in [2.75, 3.05) is 6.54 Å². The maximum atomic E-state index is 13.6. The molecule has 3 unspecified atom stereocenters. The van der Waals surface area contributed by atoms with Crippen molar-refractivity contribution >= 4 is 0 Å². The SMILES string of the molecule is OC1CCCC(CNC2CCc3c(F)cccc32)C1. The lowest BCUT2D eigenvalue weighted by atomic mass is 9.87. The Hall–Kier alpha value is -0.930. The second kappa shape index (κ2) is 5.59. The zero-order valence-electron chi connectivity index (χ0n) is 11.2. The highest BCUT2D eigenvalue weighted by atomic mass is 19.1. The van der Waals surface area contributed by atoms with Crippen LogP contribution in [0.4, 0.5) is 4.39 Å². The average Bonchev–Trinajstić information content (AvgIpc) is 2.81. The molecule has 0 saturated heterocycles. The van der Waals surface area contributed by atoms with Crippen LogP contribution in [0.3, 0.4) is 0 Å². The summed E-state index contributed by atoms with van der Waals surface area (Å²) in [6.07, 6.45) is 5.91. The van der Waals surface area contributed by atoms with Crippen molar-refractivity contribution in [3.63, 3.8) is 0 Å². The van der Waals surface area contributed by atoms with Crippen LogP contribution in [0.1, 0.15) is 49.3 Å². The molecule has 0 heterocycles. The van der Waals surface area contributed by atoms with Crippen LogP contribution >= 0.6 is 0 Å². The maximum Gasteiger partial charge on any atom is 0.126 e. The lowest BCUT2D eigenvalue weighted by Gasteiger charge is -2.27. The van der Waals surface area contributed by atoms with Crippen molar-refractivity contribution in [3.05, 3.63) is 35.1 Å². The van der Waals surface area contributed by atoms with Gasteiger partial charge in [0.1, 0.15) is 5.82 Å². The van der Waals surface area contributed by atoms with Crippen LogP contribution < -0.4 is 5.32 Å². The van der Waals surface area contributed by atoms with Gasteiger partial charge in [-0.25, -0.2) is 4.39 Å². The van der Waals surface area contributed by atoms with Crippen molar-refractivity contribution in [1.29, 1.82) is 0 Å². The number of nitrogens with one attached hydrogen (secondary N) is 1. The first-order valence-electron chi connectivity index (χ1n) is 7.43. The molecular formula is C16H22FNO. The van der Waals surface area contributed by atoms with E-state index in [0.717, 1.165) is 49.8 Å². The van der Waals surface area contributed by atoms with Gasteiger partial charge in [-0.15, -0.1) is 0 Å². The third kappa shape index (κ3) is 2.82. The number of benzene rings is 1. The van der Waals surface area contributed by atoms with Crippen LogP contribution in [0, 0.1) is 11.7 Å². The fourth-order valence-corrected chi connectivity index (χ4v) is 3.58. The van der Waals surface area contributed by atoms with Crippen molar-refractivity contribution < 1.29 is 9.50 Å². The van der Waals surface area contributed by atoms with E-state index in [4.69, 9.17) is 0 Å². The van der Waals surface area contributed by atoms with Gasteiger partial charge in [0.05, 0.1) is 6.10 Å². The molecular weight excluding hydrogens is 241 g/mol. The molecule has 0 aromatic heterocycles. The first kappa shape index (κ1) is 13.1. The Bertz CT molecular complexity index is 448. The highest BCUT2D eigenvalue weighted by Crippen LogP contribution is 2.33. The number of rotatable bonds is 3. The van der Waals surface area contributed by atoms with Gasteiger partial charge in [0.2, 0.25) is 0 Å². The third-order valence-corrected chi connectivity index (χ3v) is 4.62. The van der Waals surface area contributed by atoms with Gasteiger partial charge in [-0.2, -0.15) is 0 Å². The van der Waals surface area contributed by atoms with Crippen LogP contribution in [-0.2, 0) is 6.42 Å². The Balaban J connectivity index is 1.59. The van der Waals surface area contributed by atoms with Gasteiger partial charge in [0, 0.05) is 6.04 Å². The molecule has 0 spiro atoms. The Morgan fingerprint density at radius 2 is 2.16 bits per heavy atom. The molecule has 0 aliphatic heterocycles. The summed E-state index contributed by atoms with van der Waals surface area (Å²) < 4.78 is 13.6. The molecule has 104 valence electrons. The van der Waals surface area contributed by atoms with Gasteiger partial charge in [-0.3, -0.25) is 0 Å². The molecule has 2 nitrogen and oxygen atoms in total. The van der Waals surface area contributed by atoms with E-state index >= 15 is 0 Å². The fourth-order valence-electron chi connectivity index (χ4n) is 3.58. The van der Waals surface area contributed by atoms with E-state index in [1.165, 1.54) is 6.42 Å². The monoisotopic (exact) mass is 263 g/mol. The molecule has 0 bridgehead atoms. The smallest absolute Gasteiger partial charge is 0.126 e. The van der Waals surface area contributed by atoms with Gasteiger partial charge in [-0.05, 0) is 61.8 Å². The van der Waals surface area contributed by atoms with Gasteiger partial charge in [0.25, 0.3) is 0 Å². The van der Waals surface area contributed by atoms with Crippen molar-refractivity contribution in [1.82, 2.24) is 5.32 Å². The van der Waals surface area contributed by atoms with E-state index in [1.807, 2.05) is 6.07 Å². The quantitative estimate of drug-likeness (QED) is 0.878. The molecule has 1 fully saturated rings. The van der Waals surface area contributed by atoms with Crippen LogP contribution in [-0.4, -0.2) is 17.8 Å². The van der Waals surface area contributed by atoms with Gasteiger partial charge in [0.15, 0.2) is 0 Å². The molecule has 3 heteroatoms. The Morgan fingerprint density at radius 1 is 1.26 bits per heavy atom. The van der Waals surface area contributed by atoms with Gasteiger partial charge < -0.3 is 10.4 Å². The highest BCUT2D eigenvalue weighted by molar-refractivity contribution is 5.35. The van der Waals surface area contributed by atoms with E-state index in [9.17, 15) is 9.50 Å². The minimum atomic E-state index is -0.117. The first-order chi connectivity index (χ1) is 9.24. The summed E-state index contributed by atoms with van der Waals surface area (Å²) in [5.74, 6) is 0.510. The Kier molecular flexibility index (Phi) is 3.85. The zero-order chi connectivity index (χ0) is 13.2. The highest BCUT2D eigenvalue weighted by Gasteiger charge is 2.26. The van der Waals surface area contributed by atoms with E-state index in [-0.39, 0.29) is 11.9 Å². The summed E-state index contributed by atoms with van der Waals surface area (Å²) in [5.41, 5.74) is 2.03. The van der Waals surface area contributed by atoms with Gasteiger partial charge in [-0.1, -0.05) is 18.6 Å². The molecule has 1 saturated carbocycles. The van der Waals surface area contributed by atoms with Crippen molar-refractivity contribution in [2.45, 2.75) is 50.7 Å². The number of hydrogen-bond acceptors (Lipinski definition) is 2. The average molecular weight is 263 g/mol. The van der Waals surface area contributed by atoms with E-state index in [2.05, 4.69) is 5.32 Å². The molecule has 1 aromatic carbocycles. The van der Waals surface area contributed by atoms with E-state index < -0.39 is 0 Å². The topological polar surface area (TPSA) is 32.3 Å². The summed E-state index contributed by atoms with van der Waals surface area (Å²) in [6.45, 7) is 0.942. The van der Waals surface area contributed by atoms with E-state index in [0.29, 0.717) is 12.0 Å². The van der Waals surface area contributed by atoms with Crippen LogP contribution in [0.2, 0.25) is 0 Å². The fraction of sp³-hybridized carbons (Fsp3) is 0.625. The van der Waals surface area contributed by atoms with Gasteiger partial charge >= 0.3 is 0 Å². The molecule has 2 N–H and O–H groups in total. The van der Waals surface area contributed by atoms with E-state index in [1.54, 1.807) is 12.1 Å². The number of halogens is 1. The van der Waals surface area contributed by atoms with Crippen molar-refractivity contribution in [3.8, 4) is 0 Å². The largest absolute Gasteiger partial charge is 0.393 e. The summed E-state index contributed by atoms with van der Waals surface area (Å²) >= 11 is 0. The Labute approximate surface area is 114 Å². The minimum Gasteiger partial charge on any atom is -0.393 e. The van der Waals surface area contributed by atoms with Crippen LogP contribution in [0.25, 0.3) is 0 Å². The molecule has 19 heavy (non-hydrogen) atoms. The summed E-state index contributed by atoms with van der Waals surface area (Å²) in [5, 5.41) is 13.3. The van der Waals surface area contributed by atoms with Crippen LogP contribution in [0.15, 0.2) is 18.2 Å².